The lowest BCUT2D eigenvalue weighted by molar-refractivity contribution is 0.0606. The number of carbonyl (C=O) groups is 2. The Morgan fingerprint density at radius 2 is 1.64 bits per heavy atom. The van der Waals surface area contributed by atoms with Crippen LogP contribution in [0.25, 0.3) is 0 Å². The number of hydrogen-bond donors (Lipinski definition) is 2. The quantitative estimate of drug-likeness (QED) is 0.391. The SMILES string of the molecule is COc1ccc(C(=O)N(Cc2cc(NC(=O)c3ccc(C#N)cc3)ccc2Cl)C2CCC(N)CC2)cc1OC. The Bertz CT molecular complexity index is 1380. The van der Waals surface area contributed by atoms with Crippen molar-refractivity contribution in [3.05, 3.63) is 87.9 Å². The van der Waals surface area contributed by atoms with Gasteiger partial charge in [0.05, 0.1) is 25.9 Å². The van der Waals surface area contributed by atoms with Crippen LogP contribution in [0.5, 0.6) is 11.5 Å². The number of nitrogens with zero attached hydrogens (tertiary/aromatic N) is 2. The van der Waals surface area contributed by atoms with Gasteiger partial charge in [-0.25, -0.2) is 0 Å². The molecule has 0 unspecified atom stereocenters. The maximum Gasteiger partial charge on any atom is 0.255 e. The minimum Gasteiger partial charge on any atom is -0.493 e. The van der Waals surface area contributed by atoms with E-state index < -0.39 is 0 Å². The lowest BCUT2D eigenvalue weighted by atomic mass is 9.90. The average molecular weight is 547 g/mol. The van der Waals surface area contributed by atoms with E-state index in [-0.39, 0.29) is 30.4 Å². The van der Waals surface area contributed by atoms with Gasteiger partial charge in [-0.2, -0.15) is 5.26 Å². The van der Waals surface area contributed by atoms with Crippen molar-refractivity contribution in [1.82, 2.24) is 4.90 Å². The van der Waals surface area contributed by atoms with E-state index in [9.17, 15) is 9.59 Å². The molecule has 39 heavy (non-hydrogen) atoms. The van der Waals surface area contributed by atoms with Crippen molar-refractivity contribution < 1.29 is 19.1 Å². The van der Waals surface area contributed by atoms with Crippen molar-refractivity contribution in [2.45, 2.75) is 44.3 Å². The van der Waals surface area contributed by atoms with Crippen LogP contribution >= 0.6 is 11.6 Å². The first-order chi connectivity index (χ1) is 18.8. The van der Waals surface area contributed by atoms with Crippen LogP contribution in [0, 0.1) is 11.3 Å². The molecular weight excluding hydrogens is 516 g/mol. The van der Waals surface area contributed by atoms with E-state index in [2.05, 4.69) is 5.32 Å². The van der Waals surface area contributed by atoms with Gasteiger partial charge in [-0.3, -0.25) is 9.59 Å². The Hall–Kier alpha value is -4.06. The number of rotatable bonds is 8. The summed E-state index contributed by atoms with van der Waals surface area (Å²) < 4.78 is 10.7. The van der Waals surface area contributed by atoms with Gasteiger partial charge in [-0.1, -0.05) is 11.6 Å². The number of amides is 2. The molecule has 0 saturated heterocycles. The molecule has 3 aromatic carbocycles. The molecule has 1 aliphatic rings. The number of anilines is 1. The standard InChI is InChI=1S/C30H31ClN4O4/c1-38-27-14-7-21(16-28(27)39-2)30(37)35(25-11-8-23(33)9-12-25)18-22-15-24(10-13-26(22)31)34-29(36)20-5-3-19(17-32)4-6-20/h3-7,10,13-16,23,25H,8-9,11-12,18,33H2,1-2H3,(H,34,36). The first-order valence-electron chi connectivity index (χ1n) is 12.7. The van der Waals surface area contributed by atoms with E-state index in [1.165, 1.54) is 7.11 Å². The first-order valence-corrected chi connectivity index (χ1v) is 13.1. The second-order valence-electron chi connectivity index (χ2n) is 9.52. The predicted octanol–water partition coefficient (Wildman–Crippen LogP) is 5.39. The summed E-state index contributed by atoms with van der Waals surface area (Å²) >= 11 is 6.59. The molecular formula is C30H31ClN4O4. The van der Waals surface area contributed by atoms with E-state index in [1.54, 1.807) is 67.8 Å². The molecule has 0 aliphatic heterocycles. The highest BCUT2D eigenvalue weighted by Crippen LogP contribution is 2.32. The van der Waals surface area contributed by atoms with Gasteiger partial charge in [0.1, 0.15) is 0 Å². The Labute approximate surface area is 233 Å². The van der Waals surface area contributed by atoms with E-state index in [4.69, 9.17) is 32.1 Å². The molecule has 4 rings (SSSR count). The summed E-state index contributed by atoms with van der Waals surface area (Å²) in [6, 6.07) is 18.9. The lowest BCUT2D eigenvalue weighted by Gasteiger charge is -2.36. The number of nitrogens with one attached hydrogen (secondary N) is 1. The average Bonchev–Trinajstić information content (AvgIpc) is 2.97. The molecule has 9 heteroatoms. The highest BCUT2D eigenvalue weighted by Gasteiger charge is 2.29. The third kappa shape index (κ3) is 6.69. The molecule has 0 heterocycles. The lowest BCUT2D eigenvalue weighted by Crippen LogP contribution is -2.44. The van der Waals surface area contributed by atoms with Crippen LogP contribution in [-0.2, 0) is 6.54 Å². The number of benzene rings is 3. The number of carbonyl (C=O) groups excluding carboxylic acids is 2. The third-order valence-corrected chi connectivity index (χ3v) is 7.36. The number of methoxy groups -OCH3 is 2. The van der Waals surface area contributed by atoms with Crippen LogP contribution in [0.15, 0.2) is 60.7 Å². The van der Waals surface area contributed by atoms with Crippen LogP contribution in [0.4, 0.5) is 5.69 Å². The zero-order valence-electron chi connectivity index (χ0n) is 21.9. The molecule has 3 N–H and O–H groups in total. The van der Waals surface area contributed by atoms with E-state index in [0.29, 0.717) is 44.5 Å². The van der Waals surface area contributed by atoms with Crippen LogP contribution in [-0.4, -0.2) is 43.0 Å². The smallest absolute Gasteiger partial charge is 0.255 e. The number of nitriles is 1. The molecule has 8 nitrogen and oxygen atoms in total. The molecule has 1 aliphatic carbocycles. The number of halogens is 1. The summed E-state index contributed by atoms with van der Waals surface area (Å²) in [5, 5.41) is 12.4. The largest absolute Gasteiger partial charge is 0.493 e. The summed E-state index contributed by atoms with van der Waals surface area (Å²) in [4.78, 5) is 28.5. The number of ether oxygens (including phenoxy) is 2. The Morgan fingerprint density at radius 3 is 2.28 bits per heavy atom. The molecule has 2 amide bonds. The Balaban J connectivity index is 1.60. The Morgan fingerprint density at radius 1 is 0.974 bits per heavy atom. The van der Waals surface area contributed by atoms with Crippen molar-refractivity contribution in [2.75, 3.05) is 19.5 Å². The zero-order valence-corrected chi connectivity index (χ0v) is 22.7. The molecule has 3 aromatic rings. The van der Waals surface area contributed by atoms with Gasteiger partial charge in [-0.15, -0.1) is 0 Å². The molecule has 0 atom stereocenters. The number of hydrogen-bond acceptors (Lipinski definition) is 6. The minimum atomic E-state index is -0.313. The summed E-state index contributed by atoms with van der Waals surface area (Å²) in [5.74, 6) is 0.546. The van der Waals surface area contributed by atoms with Crippen LogP contribution < -0.4 is 20.5 Å². The first kappa shape index (κ1) is 28.0. The van der Waals surface area contributed by atoms with Gasteiger partial charge in [0.25, 0.3) is 11.8 Å². The third-order valence-electron chi connectivity index (χ3n) is 6.99. The van der Waals surface area contributed by atoms with Crippen molar-refractivity contribution in [1.29, 1.82) is 5.26 Å². The van der Waals surface area contributed by atoms with Gasteiger partial charge in [-0.05, 0) is 91.9 Å². The van der Waals surface area contributed by atoms with E-state index in [0.717, 1.165) is 25.7 Å². The highest BCUT2D eigenvalue weighted by molar-refractivity contribution is 6.31. The van der Waals surface area contributed by atoms with Crippen molar-refractivity contribution >= 4 is 29.1 Å². The van der Waals surface area contributed by atoms with Crippen molar-refractivity contribution in [2.24, 2.45) is 5.73 Å². The molecule has 1 saturated carbocycles. The fraction of sp³-hybridized carbons (Fsp3) is 0.300. The van der Waals surface area contributed by atoms with Crippen molar-refractivity contribution in [3.63, 3.8) is 0 Å². The molecule has 0 radical (unpaired) electrons. The normalized spacial score (nSPS) is 16.6. The van der Waals surface area contributed by atoms with Crippen molar-refractivity contribution in [3.8, 4) is 17.6 Å². The summed E-state index contributed by atoms with van der Waals surface area (Å²) in [5.41, 5.74) is 8.78. The second kappa shape index (κ2) is 12.7. The van der Waals surface area contributed by atoms with E-state index in [1.807, 2.05) is 11.0 Å². The van der Waals surface area contributed by atoms with Crippen LogP contribution in [0.1, 0.15) is 57.5 Å². The van der Waals surface area contributed by atoms with Gasteiger partial charge in [0, 0.05) is 40.5 Å². The fourth-order valence-electron chi connectivity index (χ4n) is 4.77. The van der Waals surface area contributed by atoms with Gasteiger partial charge in [0.15, 0.2) is 11.5 Å². The topological polar surface area (TPSA) is 118 Å². The van der Waals surface area contributed by atoms with Crippen LogP contribution in [0.3, 0.4) is 0 Å². The zero-order chi connectivity index (χ0) is 27.9. The van der Waals surface area contributed by atoms with Gasteiger partial charge < -0.3 is 25.4 Å². The molecule has 0 bridgehead atoms. The monoisotopic (exact) mass is 546 g/mol. The fourth-order valence-corrected chi connectivity index (χ4v) is 4.95. The molecule has 1 fully saturated rings. The maximum absolute atomic E-state index is 13.9. The highest BCUT2D eigenvalue weighted by atomic mass is 35.5. The molecule has 202 valence electrons. The second-order valence-corrected chi connectivity index (χ2v) is 9.93. The minimum absolute atomic E-state index is 0.0154. The van der Waals surface area contributed by atoms with Gasteiger partial charge >= 0.3 is 0 Å². The predicted molar refractivity (Wildman–Crippen MR) is 150 cm³/mol. The maximum atomic E-state index is 13.9. The summed E-state index contributed by atoms with van der Waals surface area (Å²) in [6.07, 6.45) is 3.23. The summed E-state index contributed by atoms with van der Waals surface area (Å²) in [7, 11) is 3.08. The summed E-state index contributed by atoms with van der Waals surface area (Å²) in [6.45, 7) is 0.256. The number of nitrogens with two attached hydrogens (primary N) is 1. The molecule has 0 spiro atoms. The van der Waals surface area contributed by atoms with Crippen LogP contribution in [0.2, 0.25) is 5.02 Å². The van der Waals surface area contributed by atoms with E-state index >= 15 is 0 Å². The molecule has 0 aromatic heterocycles. The Kier molecular flexibility index (Phi) is 9.07. The van der Waals surface area contributed by atoms with Gasteiger partial charge in [0.2, 0.25) is 0 Å².